The van der Waals surface area contributed by atoms with E-state index < -0.39 is 5.82 Å². The number of aliphatic hydroxyl groups excluding tert-OH is 1. The van der Waals surface area contributed by atoms with Crippen molar-refractivity contribution >= 4 is 23.0 Å². The van der Waals surface area contributed by atoms with E-state index in [1.807, 2.05) is 25.1 Å². The molecule has 2 nitrogen and oxygen atoms in total. The van der Waals surface area contributed by atoms with E-state index >= 15 is 0 Å². The molecule has 4 heteroatoms. The van der Waals surface area contributed by atoms with Crippen LogP contribution in [-0.2, 0) is 11.2 Å². The number of halogens is 2. The lowest BCUT2D eigenvalue weighted by atomic mass is 9.79. The molecule has 0 unspecified atom stereocenters. The van der Waals surface area contributed by atoms with Crippen LogP contribution in [0.1, 0.15) is 56.6 Å². The van der Waals surface area contributed by atoms with Crippen molar-refractivity contribution in [3.05, 3.63) is 64.1 Å². The number of Topliss-reactive ketones (excluding diaryl/α,β-unsaturated/α-hetero) is 1. The molecule has 1 saturated carbocycles. The summed E-state index contributed by atoms with van der Waals surface area (Å²) in [5.41, 5.74) is 3.29. The van der Waals surface area contributed by atoms with Crippen molar-refractivity contribution < 1.29 is 14.3 Å². The predicted molar refractivity (Wildman–Crippen MR) is 115 cm³/mol. The molecule has 0 aromatic heterocycles. The topological polar surface area (TPSA) is 37.3 Å². The van der Waals surface area contributed by atoms with Gasteiger partial charge in [-0.15, -0.1) is 0 Å². The molecule has 29 heavy (non-hydrogen) atoms. The van der Waals surface area contributed by atoms with Crippen LogP contribution in [0.15, 0.2) is 42.2 Å². The lowest BCUT2D eigenvalue weighted by molar-refractivity contribution is -0.114. The molecule has 0 amide bonds. The van der Waals surface area contributed by atoms with Crippen molar-refractivity contribution in [1.82, 2.24) is 0 Å². The number of carbonyl (C=O) groups is 1. The standard InChI is InChI=1S/C25H26ClFO2/c1-2-17-7-8-18(20-10-9-19(26)14-22(20)27)13-21(17)25-23(28)11-15-3-4-16(6-5-15)12-24(25)29/h7-10,13-16,28H,2-6,11-12H2,1H3/b25-23+. The Bertz CT molecular complexity index is 971. The summed E-state index contributed by atoms with van der Waals surface area (Å²) in [7, 11) is 0. The van der Waals surface area contributed by atoms with Crippen LogP contribution in [-0.4, -0.2) is 10.9 Å². The summed E-state index contributed by atoms with van der Waals surface area (Å²) in [5, 5.41) is 11.3. The summed E-state index contributed by atoms with van der Waals surface area (Å²) in [4.78, 5) is 13.2. The molecule has 0 aliphatic heterocycles. The molecule has 0 atom stereocenters. The molecule has 0 radical (unpaired) electrons. The van der Waals surface area contributed by atoms with E-state index in [1.165, 1.54) is 6.07 Å². The van der Waals surface area contributed by atoms with Crippen molar-refractivity contribution in [2.24, 2.45) is 11.8 Å². The van der Waals surface area contributed by atoms with E-state index in [0.29, 0.717) is 46.4 Å². The van der Waals surface area contributed by atoms with Gasteiger partial charge in [-0.25, -0.2) is 4.39 Å². The fourth-order valence-electron chi connectivity index (χ4n) is 4.85. The molecule has 152 valence electrons. The van der Waals surface area contributed by atoms with Crippen LogP contribution >= 0.6 is 11.6 Å². The van der Waals surface area contributed by atoms with E-state index in [0.717, 1.165) is 43.2 Å². The molecule has 0 spiro atoms. The molecule has 2 bridgehead atoms. The molecule has 3 aliphatic carbocycles. The molecule has 0 saturated heterocycles. The minimum absolute atomic E-state index is 0.0125. The van der Waals surface area contributed by atoms with Crippen molar-refractivity contribution in [3.63, 3.8) is 0 Å². The number of hydrogen-bond donors (Lipinski definition) is 1. The first-order chi connectivity index (χ1) is 14.0. The van der Waals surface area contributed by atoms with Crippen LogP contribution in [0.25, 0.3) is 16.7 Å². The van der Waals surface area contributed by atoms with Gasteiger partial charge in [-0.05, 0) is 84.9 Å². The van der Waals surface area contributed by atoms with Gasteiger partial charge in [-0.2, -0.15) is 0 Å². The number of allylic oxidation sites excluding steroid dienone is 2. The van der Waals surface area contributed by atoms with Crippen LogP contribution in [0, 0.1) is 17.7 Å². The van der Waals surface area contributed by atoms with Crippen molar-refractivity contribution in [1.29, 1.82) is 0 Å². The van der Waals surface area contributed by atoms with E-state index in [-0.39, 0.29) is 11.5 Å². The Morgan fingerprint density at radius 3 is 2.34 bits per heavy atom. The first kappa shape index (κ1) is 20.2. The highest BCUT2D eigenvalue weighted by molar-refractivity contribution is 6.30. The largest absolute Gasteiger partial charge is 0.512 e. The van der Waals surface area contributed by atoms with Gasteiger partial charge in [0.25, 0.3) is 0 Å². The number of rotatable bonds is 3. The SMILES string of the molecule is CCc1ccc(-c2ccc(Cl)cc2F)cc1/C1=C(\O)CC2CCC(CC2)CC1=O. The molecule has 1 fully saturated rings. The normalized spacial score (nSPS) is 24.9. The zero-order chi connectivity index (χ0) is 20.5. The number of hydrogen-bond acceptors (Lipinski definition) is 2. The molecular formula is C25H26ClFO2. The number of ketones is 1. The van der Waals surface area contributed by atoms with Gasteiger partial charge in [0.1, 0.15) is 11.6 Å². The second-order valence-electron chi connectivity index (χ2n) is 8.39. The van der Waals surface area contributed by atoms with E-state index in [2.05, 4.69) is 0 Å². The average molecular weight is 413 g/mol. The van der Waals surface area contributed by atoms with Gasteiger partial charge in [0.05, 0.1) is 5.57 Å². The third kappa shape index (κ3) is 4.11. The van der Waals surface area contributed by atoms with Gasteiger partial charge in [0.15, 0.2) is 5.78 Å². The highest BCUT2D eigenvalue weighted by Gasteiger charge is 2.31. The molecule has 2 aromatic carbocycles. The van der Waals surface area contributed by atoms with Crippen LogP contribution < -0.4 is 0 Å². The van der Waals surface area contributed by atoms with E-state index in [4.69, 9.17) is 11.6 Å². The van der Waals surface area contributed by atoms with E-state index in [9.17, 15) is 14.3 Å². The summed E-state index contributed by atoms with van der Waals surface area (Å²) in [6.07, 6.45) is 6.04. The number of benzene rings is 2. The average Bonchev–Trinajstić information content (AvgIpc) is 2.78. The van der Waals surface area contributed by atoms with Gasteiger partial charge in [-0.1, -0.05) is 30.7 Å². The minimum Gasteiger partial charge on any atom is -0.512 e. The van der Waals surface area contributed by atoms with Crippen molar-refractivity contribution in [2.75, 3.05) is 0 Å². The lowest BCUT2D eigenvalue weighted by Gasteiger charge is -2.26. The smallest absolute Gasteiger partial charge is 0.167 e. The maximum absolute atomic E-state index is 14.5. The minimum atomic E-state index is -0.398. The zero-order valence-corrected chi connectivity index (χ0v) is 17.4. The fraction of sp³-hybridized carbons (Fsp3) is 0.400. The summed E-state index contributed by atoms with van der Waals surface area (Å²) in [6.45, 7) is 2.03. The van der Waals surface area contributed by atoms with Crippen LogP contribution in [0.4, 0.5) is 4.39 Å². The number of carbonyl (C=O) groups excluding carboxylic acids is 1. The van der Waals surface area contributed by atoms with Crippen LogP contribution in [0.3, 0.4) is 0 Å². The van der Waals surface area contributed by atoms with Gasteiger partial charge in [0.2, 0.25) is 0 Å². The molecular weight excluding hydrogens is 387 g/mol. The summed E-state index contributed by atoms with van der Waals surface area (Å²) in [5.74, 6) is 0.657. The maximum atomic E-state index is 14.5. The van der Waals surface area contributed by atoms with E-state index in [1.54, 1.807) is 12.1 Å². The zero-order valence-electron chi connectivity index (χ0n) is 16.7. The Labute approximate surface area is 176 Å². The molecule has 2 aromatic rings. The summed E-state index contributed by atoms with van der Waals surface area (Å²) in [6, 6.07) is 10.3. The first-order valence-corrected chi connectivity index (χ1v) is 10.9. The van der Waals surface area contributed by atoms with Crippen molar-refractivity contribution in [3.8, 4) is 11.1 Å². The van der Waals surface area contributed by atoms with Gasteiger partial charge < -0.3 is 5.11 Å². The Balaban J connectivity index is 1.84. The number of aryl methyl sites for hydroxylation is 1. The van der Waals surface area contributed by atoms with Gasteiger partial charge >= 0.3 is 0 Å². The second-order valence-corrected chi connectivity index (χ2v) is 8.83. The Kier molecular flexibility index (Phi) is 5.78. The Hall–Kier alpha value is -2.13. The molecule has 0 heterocycles. The van der Waals surface area contributed by atoms with Gasteiger partial charge in [-0.3, -0.25) is 4.79 Å². The Morgan fingerprint density at radius 1 is 1.00 bits per heavy atom. The molecule has 5 rings (SSSR count). The van der Waals surface area contributed by atoms with Crippen LogP contribution in [0.5, 0.6) is 0 Å². The van der Waals surface area contributed by atoms with Gasteiger partial charge in [0, 0.05) is 23.4 Å². The van der Waals surface area contributed by atoms with Crippen molar-refractivity contribution in [2.45, 2.75) is 51.9 Å². The number of aliphatic hydroxyl groups is 1. The second kappa shape index (κ2) is 8.31. The summed E-state index contributed by atoms with van der Waals surface area (Å²) < 4.78 is 14.5. The first-order valence-electron chi connectivity index (χ1n) is 10.5. The molecule has 1 N–H and O–H groups in total. The van der Waals surface area contributed by atoms with Crippen LogP contribution in [0.2, 0.25) is 5.02 Å². The molecule has 3 aliphatic rings. The fourth-order valence-corrected chi connectivity index (χ4v) is 5.01. The predicted octanol–water partition coefficient (Wildman–Crippen LogP) is 7.15. The monoisotopic (exact) mass is 412 g/mol. The highest BCUT2D eigenvalue weighted by Crippen LogP contribution is 2.40. The number of fused-ring (bicyclic) bond motifs is 5. The quantitative estimate of drug-likeness (QED) is 0.581. The Morgan fingerprint density at radius 2 is 1.69 bits per heavy atom. The maximum Gasteiger partial charge on any atom is 0.167 e. The summed E-state index contributed by atoms with van der Waals surface area (Å²) >= 11 is 5.90. The highest BCUT2D eigenvalue weighted by atomic mass is 35.5. The third-order valence-corrected chi connectivity index (χ3v) is 6.73. The third-order valence-electron chi connectivity index (χ3n) is 6.49. The lowest BCUT2D eigenvalue weighted by Crippen LogP contribution is -2.15.